The van der Waals surface area contributed by atoms with Crippen molar-refractivity contribution in [2.24, 2.45) is 0 Å². The van der Waals surface area contributed by atoms with E-state index in [-0.39, 0.29) is 25.0 Å². The third kappa shape index (κ3) is 6.13. The Hall–Kier alpha value is -0.980. The first kappa shape index (κ1) is 16.1. The number of aliphatic hydroxyl groups is 1. The van der Waals surface area contributed by atoms with E-state index in [1.807, 2.05) is 12.3 Å². The van der Waals surface area contributed by atoms with Crippen molar-refractivity contribution in [2.45, 2.75) is 39.2 Å². The third-order valence-corrected chi connectivity index (χ3v) is 3.67. The molecule has 6 heteroatoms. The fraction of sp³-hybridized carbons (Fsp3) is 0.692. The molecule has 0 aliphatic rings. The Morgan fingerprint density at radius 1 is 1.58 bits per heavy atom. The first-order valence-electron chi connectivity index (χ1n) is 6.62. The van der Waals surface area contributed by atoms with Crippen LogP contribution in [0.4, 0.5) is 0 Å². The predicted molar refractivity (Wildman–Crippen MR) is 75.3 cm³/mol. The van der Waals surface area contributed by atoms with Gasteiger partial charge in [0.2, 0.25) is 0 Å². The van der Waals surface area contributed by atoms with E-state index in [1.54, 1.807) is 18.3 Å². The number of carbonyl (C=O) groups is 1. The lowest BCUT2D eigenvalue weighted by Gasteiger charge is -2.12. The number of hydrogen-bond donors (Lipinski definition) is 2. The molecule has 5 nitrogen and oxygen atoms in total. The van der Waals surface area contributed by atoms with E-state index in [1.165, 1.54) is 0 Å². The fourth-order valence-corrected chi connectivity index (χ4v) is 2.42. The number of nitrogens with zero attached hydrogens (tertiary/aromatic N) is 1. The van der Waals surface area contributed by atoms with Crippen LogP contribution in [0.15, 0.2) is 5.38 Å². The maximum absolute atomic E-state index is 11.3. The lowest BCUT2D eigenvalue weighted by atomic mass is 10.2. The van der Waals surface area contributed by atoms with Crippen molar-refractivity contribution >= 4 is 17.3 Å². The molecule has 0 fully saturated rings. The largest absolute Gasteiger partial charge is 0.466 e. The molecule has 0 amide bonds. The van der Waals surface area contributed by atoms with Crippen LogP contribution in [0, 0.1) is 0 Å². The van der Waals surface area contributed by atoms with Crippen LogP contribution >= 0.6 is 11.3 Å². The number of aliphatic hydroxyl groups excluding tert-OH is 1. The molecule has 0 aliphatic heterocycles. The quantitative estimate of drug-likeness (QED) is 0.666. The number of carbonyl (C=O) groups excluding carboxylic acids is 1. The molecule has 0 saturated heterocycles. The molecule has 0 bridgehead atoms. The number of esters is 1. The van der Waals surface area contributed by atoms with Crippen molar-refractivity contribution < 1.29 is 14.6 Å². The lowest BCUT2D eigenvalue weighted by Crippen LogP contribution is -2.33. The van der Waals surface area contributed by atoms with Crippen LogP contribution < -0.4 is 5.32 Å². The molecule has 108 valence electrons. The first-order chi connectivity index (χ1) is 9.19. The van der Waals surface area contributed by atoms with Gasteiger partial charge in [-0.3, -0.25) is 4.79 Å². The van der Waals surface area contributed by atoms with Crippen molar-refractivity contribution in [2.75, 3.05) is 19.8 Å². The van der Waals surface area contributed by atoms with Gasteiger partial charge in [0.05, 0.1) is 30.3 Å². The summed E-state index contributed by atoms with van der Waals surface area (Å²) in [5.74, 6) is -0.233. The summed E-state index contributed by atoms with van der Waals surface area (Å²) in [7, 11) is 0. The molecular formula is C13H22N2O3S. The molecule has 19 heavy (non-hydrogen) atoms. The lowest BCUT2D eigenvalue weighted by molar-refractivity contribution is -0.142. The van der Waals surface area contributed by atoms with Gasteiger partial charge in [-0.2, -0.15) is 0 Å². The van der Waals surface area contributed by atoms with Gasteiger partial charge in [-0.05, 0) is 13.3 Å². The minimum absolute atomic E-state index is 0.152. The summed E-state index contributed by atoms with van der Waals surface area (Å²) in [6.45, 7) is 5.17. The minimum Gasteiger partial charge on any atom is -0.466 e. The molecule has 2 N–H and O–H groups in total. The van der Waals surface area contributed by atoms with E-state index in [4.69, 9.17) is 9.84 Å². The second-order valence-corrected chi connectivity index (χ2v) is 5.15. The predicted octanol–water partition coefficient (Wildman–Crippen LogP) is 1.15. The van der Waals surface area contributed by atoms with Crippen molar-refractivity contribution in [1.82, 2.24) is 10.3 Å². The Kier molecular flexibility index (Phi) is 7.62. The highest BCUT2D eigenvalue weighted by atomic mass is 32.1. The summed E-state index contributed by atoms with van der Waals surface area (Å²) in [4.78, 5) is 15.7. The Labute approximate surface area is 118 Å². The zero-order chi connectivity index (χ0) is 14.1. The highest BCUT2D eigenvalue weighted by Gasteiger charge is 2.09. The Morgan fingerprint density at radius 3 is 3.00 bits per heavy atom. The Bertz CT molecular complexity index is 378. The van der Waals surface area contributed by atoms with E-state index in [9.17, 15) is 4.79 Å². The maximum atomic E-state index is 11.3. The zero-order valence-electron chi connectivity index (χ0n) is 11.5. The average Bonchev–Trinajstić information content (AvgIpc) is 2.82. The molecule has 0 spiro atoms. The number of thiazole rings is 1. The molecule has 1 unspecified atom stereocenters. The molecule has 0 saturated carbocycles. The molecule has 1 rings (SSSR count). The number of rotatable bonds is 9. The molecule has 1 aromatic heterocycles. The second kappa shape index (κ2) is 9.01. The van der Waals surface area contributed by atoms with Crippen LogP contribution in [-0.4, -0.2) is 41.9 Å². The smallest absolute Gasteiger partial charge is 0.311 e. The van der Waals surface area contributed by atoms with Crippen LogP contribution in [-0.2, 0) is 22.4 Å². The van der Waals surface area contributed by atoms with E-state index in [0.717, 1.165) is 30.1 Å². The number of ether oxygens (including phenoxy) is 1. The van der Waals surface area contributed by atoms with Gasteiger partial charge in [0.15, 0.2) is 0 Å². The highest BCUT2D eigenvalue weighted by molar-refractivity contribution is 7.09. The average molecular weight is 286 g/mol. The van der Waals surface area contributed by atoms with E-state index < -0.39 is 0 Å². The van der Waals surface area contributed by atoms with Crippen LogP contribution in [0.25, 0.3) is 0 Å². The van der Waals surface area contributed by atoms with Gasteiger partial charge in [0.25, 0.3) is 0 Å². The zero-order valence-corrected chi connectivity index (χ0v) is 12.3. The van der Waals surface area contributed by atoms with Crippen LogP contribution in [0.3, 0.4) is 0 Å². The summed E-state index contributed by atoms with van der Waals surface area (Å²) >= 11 is 1.56. The van der Waals surface area contributed by atoms with Gasteiger partial charge in [0.1, 0.15) is 0 Å². The van der Waals surface area contributed by atoms with Crippen molar-refractivity contribution in [1.29, 1.82) is 0 Å². The number of hydrogen-bond acceptors (Lipinski definition) is 6. The number of nitrogens with one attached hydrogen (secondary N) is 1. The summed E-state index contributed by atoms with van der Waals surface area (Å²) in [6, 6.07) is 0.152. The molecule has 0 radical (unpaired) electrons. The monoisotopic (exact) mass is 286 g/mol. The third-order valence-electron chi connectivity index (χ3n) is 2.72. The fourth-order valence-electron chi connectivity index (χ4n) is 1.63. The Morgan fingerprint density at radius 2 is 2.37 bits per heavy atom. The molecule has 0 aromatic carbocycles. The second-order valence-electron chi connectivity index (χ2n) is 4.21. The van der Waals surface area contributed by atoms with Crippen molar-refractivity contribution in [3.63, 3.8) is 0 Å². The first-order valence-corrected chi connectivity index (χ1v) is 7.50. The van der Waals surface area contributed by atoms with Gasteiger partial charge in [-0.25, -0.2) is 4.98 Å². The van der Waals surface area contributed by atoms with Crippen LogP contribution in [0.2, 0.25) is 0 Å². The maximum Gasteiger partial charge on any atom is 0.311 e. The topological polar surface area (TPSA) is 71.5 Å². The molecule has 1 heterocycles. The van der Waals surface area contributed by atoms with Gasteiger partial charge in [-0.1, -0.05) is 6.92 Å². The SMILES string of the molecule is CCOC(=O)Cc1csc(CCNC(CC)CO)n1. The summed E-state index contributed by atoms with van der Waals surface area (Å²) < 4.78 is 4.88. The van der Waals surface area contributed by atoms with Gasteiger partial charge in [-0.15, -0.1) is 11.3 Å². The standard InChI is InChI=1S/C13H22N2O3S/c1-3-10(8-16)14-6-5-12-15-11(9-19-12)7-13(17)18-4-2/h9-10,14,16H,3-8H2,1-2H3. The summed E-state index contributed by atoms with van der Waals surface area (Å²) in [6.07, 6.45) is 1.96. The molecule has 1 atom stereocenters. The van der Waals surface area contributed by atoms with Crippen molar-refractivity contribution in [3.05, 3.63) is 16.1 Å². The van der Waals surface area contributed by atoms with Gasteiger partial charge >= 0.3 is 5.97 Å². The molecule has 0 aliphatic carbocycles. The van der Waals surface area contributed by atoms with Gasteiger partial charge in [0, 0.05) is 24.4 Å². The molecule has 1 aromatic rings. The van der Waals surface area contributed by atoms with Gasteiger partial charge < -0.3 is 15.2 Å². The number of aromatic nitrogens is 1. The van der Waals surface area contributed by atoms with E-state index >= 15 is 0 Å². The normalized spacial score (nSPS) is 12.4. The van der Waals surface area contributed by atoms with E-state index in [0.29, 0.717) is 6.61 Å². The summed E-state index contributed by atoms with van der Waals surface area (Å²) in [5.41, 5.74) is 0.771. The van der Waals surface area contributed by atoms with Crippen LogP contribution in [0.1, 0.15) is 31.0 Å². The van der Waals surface area contributed by atoms with Crippen LogP contribution in [0.5, 0.6) is 0 Å². The molecular weight excluding hydrogens is 264 g/mol. The minimum atomic E-state index is -0.233. The highest BCUT2D eigenvalue weighted by Crippen LogP contribution is 2.11. The summed E-state index contributed by atoms with van der Waals surface area (Å²) in [5, 5.41) is 15.2. The van der Waals surface area contributed by atoms with Crippen molar-refractivity contribution in [3.8, 4) is 0 Å². The van der Waals surface area contributed by atoms with E-state index in [2.05, 4.69) is 10.3 Å². The Balaban J connectivity index is 2.32.